The van der Waals surface area contributed by atoms with Gasteiger partial charge in [0.25, 0.3) is 21.8 Å². The van der Waals surface area contributed by atoms with Crippen LogP contribution >= 0.6 is 0 Å². The largest absolute Gasteiger partial charge is 0.569 e. The summed E-state index contributed by atoms with van der Waals surface area (Å²) in [4.78, 5) is 42.6. The Morgan fingerprint density at radius 2 is 1.59 bits per heavy atom. The van der Waals surface area contributed by atoms with Gasteiger partial charge in [0.15, 0.2) is 5.69 Å². The lowest BCUT2D eigenvalue weighted by Gasteiger charge is -2.30. The van der Waals surface area contributed by atoms with E-state index in [0.29, 0.717) is 5.56 Å². The number of alkyl halides is 3. The second-order valence-corrected chi connectivity index (χ2v) is 13.6. The van der Waals surface area contributed by atoms with Crippen LogP contribution in [0.4, 0.5) is 18.0 Å². The van der Waals surface area contributed by atoms with Crippen LogP contribution in [-0.4, -0.2) is 76.9 Å². The number of rotatable bonds is 11. The number of ether oxygens (including phenoxy) is 1. The summed E-state index contributed by atoms with van der Waals surface area (Å²) in [5.74, 6) is -1.24. The van der Waals surface area contributed by atoms with Gasteiger partial charge in [0, 0.05) is 5.56 Å². The van der Waals surface area contributed by atoms with E-state index >= 15 is 0 Å². The third-order valence-corrected chi connectivity index (χ3v) is 9.17. The molecule has 0 unspecified atom stereocenters. The average molecular weight is 730 g/mol. The van der Waals surface area contributed by atoms with Crippen molar-refractivity contribution in [2.24, 2.45) is 5.28 Å². The molecule has 0 radical (unpaired) electrons. The summed E-state index contributed by atoms with van der Waals surface area (Å²) in [5.41, 5.74) is -0.495. The Balaban J connectivity index is 1.19. The van der Waals surface area contributed by atoms with Crippen LogP contribution in [0.2, 0.25) is 0 Å². The highest BCUT2D eigenvalue weighted by atomic mass is 32.2. The van der Waals surface area contributed by atoms with Gasteiger partial charge in [-0.2, -0.15) is 18.3 Å². The quantitative estimate of drug-likeness (QED) is 0.0950. The van der Waals surface area contributed by atoms with Crippen molar-refractivity contribution in [1.82, 2.24) is 24.4 Å². The summed E-state index contributed by atoms with van der Waals surface area (Å²) in [6, 6.07) is 18.4. The van der Waals surface area contributed by atoms with Gasteiger partial charge in [0.1, 0.15) is 12.1 Å². The molecule has 5 rings (SSSR count). The number of sulfonamides is 1. The molecular weight excluding hydrogens is 699 g/mol. The average Bonchev–Trinajstić information content (AvgIpc) is 3.64. The number of carbonyl (C=O) groups excluding carboxylic acids is 3. The highest BCUT2D eigenvalue weighted by Crippen LogP contribution is 2.33. The third-order valence-electron chi connectivity index (χ3n) is 7.84. The van der Waals surface area contributed by atoms with Gasteiger partial charge in [-0.1, -0.05) is 42.0 Å². The van der Waals surface area contributed by atoms with Crippen molar-refractivity contribution in [2.45, 2.75) is 37.4 Å². The zero-order chi connectivity index (χ0) is 37.3. The van der Waals surface area contributed by atoms with Crippen molar-refractivity contribution in [3.05, 3.63) is 106 Å². The first kappa shape index (κ1) is 36.3. The van der Waals surface area contributed by atoms with E-state index in [0.717, 1.165) is 38.4 Å². The number of aromatic nitrogens is 2. The molecule has 0 saturated heterocycles. The lowest BCUT2D eigenvalue weighted by molar-refractivity contribution is -0.721. The van der Waals surface area contributed by atoms with Gasteiger partial charge < -0.3 is 14.8 Å². The predicted octanol–water partition coefficient (Wildman–Crippen LogP) is 5.05. The molecule has 0 saturated carbocycles. The number of hydrazine groups is 1. The standard InChI is InChI=1S/C32H30F3N7O8S/c1-20-9-11-21(12-10-20)26-17-27(32(33,34)35)36-41(26)22-13-15-23(16-14-22)51(47,48)37-30(45)49-18-31(2,3)39(4)42(46)38-50-19-40-28(43)24-7-5-6-8-25(24)29(40)44/h5-17H,18-19H2,1-4H3,(H,37,45)/b42-38-. The molecule has 3 amide bonds. The van der Waals surface area contributed by atoms with Crippen LogP contribution in [0.25, 0.3) is 16.9 Å². The molecule has 2 heterocycles. The lowest BCUT2D eigenvalue weighted by atomic mass is 10.1. The van der Waals surface area contributed by atoms with E-state index in [2.05, 4.69) is 10.4 Å². The van der Waals surface area contributed by atoms with Crippen LogP contribution in [0, 0.1) is 12.1 Å². The first-order chi connectivity index (χ1) is 23.9. The van der Waals surface area contributed by atoms with Crippen LogP contribution in [0.5, 0.6) is 0 Å². The summed E-state index contributed by atoms with van der Waals surface area (Å²) in [6.07, 6.45) is -6.12. The molecule has 0 aliphatic carbocycles. The Labute approximate surface area is 289 Å². The van der Waals surface area contributed by atoms with Crippen molar-refractivity contribution in [3.63, 3.8) is 0 Å². The van der Waals surface area contributed by atoms with Gasteiger partial charge in [-0.15, -0.1) is 5.01 Å². The molecular formula is C32H30F3N7O8S. The molecule has 0 spiro atoms. The number of benzene rings is 3. The summed E-state index contributed by atoms with van der Waals surface area (Å²) >= 11 is 0. The Morgan fingerprint density at radius 3 is 2.16 bits per heavy atom. The number of nitrogens with zero attached hydrogens (tertiary/aromatic N) is 6. The van der Waals surface area contributed by atoms with E-state index in [1.165, 1.54) is 45.2 Å². The van der Waals surface area contributed by atoms with Crippen LogP contribution in [0.3, 0.4) is 0 Å². The van der Waals surface area contributed by atoms with Crippen LogP contribution in [0.1, 0.15) is 45.8 Å². The second kappa shape index (κ2) is 13.7. The molecule has 0 atom stereocenters. The van der Waals surface area contributed by atoms with Crippen molar-refractivity contribution >= 4 is 27.9 Å². The Bertz CT molecular complexity index is 2080. The summed E-state index contributed by atoms with van der Waals surface area (Å²) in [5, 5.41) is 20.5. The molecule has 15 nitrogen and oxygen atoms in total. The zero-order valence-corrected chi connectivity index (χ0v) is 28.2. The summed E-state index contributed by atoms with van der Waals surface area (Å²) in [6.45, 7) is 3.57. The lowest BCUT2D eigenvalue weighted by Crippen LogP contribution is -2.49. The maximum Gasteiger partial charge on any atom is 0.435 e. The number of amides is 3. The van der Waals surface area contributed by atoms with Crippen molar-refractivity contribution in [1.29, 1.82) is 0 Å². The van der Waals surface area contributed by atoms with E-state index in [-0.39, 0.29) is 27.5 Å². The maximum absolute atomic E-state index is 13.5. The highest BCUT2D eigenvalue weighted by molar-refractivity contribution is 7.90. The van der Waals surface area contributed by atoms with E-state index in [4.69, 9.17) is 9.57 Å². The number of carbonyl (C=O) groups is 3. The fourth-order valence-corrected chi connectivity index (χ4v) is 5.61. The molecule has 1 aliphatic rings. The molecule has 1 aliphatic heterocycles. The number of fused-ring (bicyclic) bond motifs is 1. The molecule has 51 heavy (non-hydrogen) atoms. The monoisotopic (exact) mass is 729 g/mol. The van der Waals surface area contributed by atoms with E-state index < -0.39 is 63.6 Å². The van der Waals surface area contributed by atoms with E-state index in [1.807, 2.05) is 6.92 Å². The third kappa shape index (κ3) is 7.77. The predicted molar refractivity (Wildman–Crippen MR) is 171 cm³/mol. The van der Waals surface area contributed by atoms with Gasteiger partial charge in [0.2, 0.25) is 12.0 Å². The molecule has 4 aromatic rings. The van der Waals surface area contributed by atoms with Crippen LogP contribution < -0.4 is 4.72 Å². The first-order valence-electron chi connectivity index (χ1n) is 14.9. The van der Waals surface area contributed by atoms with Gasteiger partial charge >= 0.3 is 12.3 Å². The topological polar surface area (TPSA) is 179 Å². The number of hydrogen-bond donors (Lipinski definition) is 1. The fraction of sp³-hybridized carbons (Fsp3) is 0.250. The minimum absolute atomic E-state index is 0.0146. The Kier molecular flexibility index (Phi) is 9.78. The number of aryl methyl sites for hydroxylation is 1. The minimum Gasteiger partial charge on any atom is -0.569 e. The molecule has 19 heteroatoms. The molecule has 3 aromatic carbocycles. The summed E-state index contributed by atoms with van der Waals surface area (Å²) in [7, 11) is -3.25. The van der Waals surface area contributed by atoms with Gasteiger partial charge in [0.05, 0.1) is 39.4 Å². The molecule has 268 valence electrons. The molecule has 1 N–H and O–H groups in total. The smallest absolute Gasteiger partial charge is 0.435 e. The first-order valence-corrected chi connectivity index (χ1v) is 16.4. The second-order valence-electron chi connectivity index (χ2n) is 11.9. The van der Waals surface area contributed by atoms with E-state index in [1.54, 1.807) is 41.1 Å². The number of halogens is 3. The minimum atomic E-state index is -4.74. The van der Waals surface area contributed by atoms with E-state index in [9.17, 15) is 41.2 Å². The van der Waals surface area contributed by atoms with Gasteiger partial charge in [-0.25, -0.2) is 27.5 Å². The Morgan fingerprint density at radius 1 is 1.00 bits per heavy atom. The molecule has 0 fully saturated rings. The highest BCUT2D eigenvalue weighted by Gasteiger charge is 2.37. The Hall–Kier alpha value is -5.98. The molecule has 0 bridgehead atoms. The van der Waals surface area contributed by atoms with Crippen molar-refractivity contribution < 1.29 is 50.5 Å². The van der Waals surface area contributed by atoms with Gasteiger partial charge in [-0.3, -0.25) is 9.59 Å². The molecule has 1 aromatic heterocycles. The number of likely N-dealkylation sites (N-methyl/N-ethyl adjacent to an activating group) is 1. The van der Waals surface area contributed by atoms with Gasteiger partial charge in [-0.05, 0) is 63.2 Å². The van der Waals surface area contributed by atoms with Crippen molar-refractivity contribution in [2.75, 3.05) is 20.4 Å². The van der Waals surface area contributed by atoms with Crippen molar-refractivity contribution in [3.8, 4) is 16.9 Å². The maximum atomic E-state index is 13.5. The van der Waals surface area contributed by atoms with Crippen LogP contribution in [0.15, 0.2) is 89.0 Å². The zero-order valence-electron chi connectivity index (χ0n) is 27.4. The fourth-order valence-electron chi connectivity index (χ4n) is 4.72. The number of hydrogen-bond acceptors (Lipinski definition) is 10. The normalized spacial score (nSPS) is 13.6. The van der Waals surface area contributed by atoms with Crippen LogP contribution in [-0.2, 0) is 25.8 Å². The summed E-state index contributed by atoms with van der Waals surface area (Å²) < 4.78 is 74.3. The SMILES string of the molecule is Cc1ccc(-c2cc(C(F)(F)F)nn2-c2ccc(S(=O)(=O)NC(=O)OCC(C)(C)N(C)/[N+]([O-])=N/OCN3C(=O)c4ccccc4C3=O)cc2)cc1. The number of nitrogens with one attached hydrogen (secondary N) is 1. The number of imide groups is 1.